The van der Waals surface area contributed by atoms with Crippen LogP contribution < -0.4 is 4.80 Å². The Bertz CT molecular complexity index is 877. The molecular formula is C16H18N2O3S2. The van der Waals surface area contributed by atoms with Crippen molar-refractivity contribution in [1.82, 2.24) is 4.57 Å². The molecule has 1 saturated heterocycles. The highest BCUT2D eigenvalue weighted by Gasteiger charge is 2.32. The third-order valence-corrected chi connectivity index (χ3v) is 6.48. The summed E-state index contributed by atoms with van der Waals surface area (Å²) < 4.78 is 24.9. The molecule has 1 aromatic carbocycles. The fourth-order valence-electron chi connectivity index (χ4n) is 2.57. The van der Waals surface area contributed by atoms with Crippen LogP contribution in [0.4, 0.5) is 0 Å². The summed E-state index contributed by atoms with van der Waals surface area (Å²) in [5.41, 5.74) is 2.33. The number of thiazole rings is 1. The van der Waals surface area contributed by atoms with Gasteiger partial charge in [0.2, 0.25) is 0 Å². The van der Waals surface area contributed by atoms with E-state index in [4.69, 9.17) is 0 Å². The SMILES string of the molecule is Cc1ccc(Cn2ccsc2=NC(=O)C2CCS(=O)(=O)C2)cc1. The van der Waals surface area contributed by atoms with Crippen molar-refractivity contribution in [2.45, 2.75) is 19.9 Å². The summed E-state index contributed by atoms with van der Waals surface area (Å²) >= 11 is 1.38. The zero-order valence-corrected chi connectivity index (χ0v) is 14.4. The van der Waals surface area contributed by atoms with E-state index < -0.39 is 15.8 Å². The van der Waals surface area contributed by atoms with E-state index in [0.29, 0.717) is 17.8 Å². The first-order valence-corrected chi connectivity index (χ1v) is 10.1. The van der Waals surface area contributed by atoms with Crippen molar-refractivity contribution >= 4 is 27.1 Å². The summed E-state index contributed by atoms with van der Waals surface area (Å²) in [6, 6.07) is 8.20. The van der Waals surface area contributed by atoms with Crippen molar-refractivity contribution < 1.29 is 13.2 Å². The van der Waals surface area contributed by atoms with E-state index in [9.17, 15) is 13.2 Å². The average Bonchev–Trinajstić information content (AvgIpc) is 3.08. The lowest BCUT2D eigenvalue weighted by Crippen LogP contribution is -2.21. The molecule has 1 aliphatic heterocycles. The Balaban J connectivity index is 1.80. The lowest BCUT2D eigenvalue weighted by Gasteiger charge is -2.05. The Morgan fingerprint density at radius 3 is 2.74 bits per heavy atom. The van der Waals surface area contributed by atoms with E-state index in [2.05, 4.69) is 17.1 Å². The number of carbonyl (C=O) groups is 1. The van der Waals surface area contributed by atoms with E-state index in [-0.39, 0.29) is 17.4 Å². The van der Waals surface area contributed by atoms with Gasteiger partial charge in [0.1, 0.15) is 0 Å². The van der Waals surface area contributed by atoms with Gasteiger partial charge in [0.15, 0.2) is 14.6 Å². The Labute approximate surface area is 139 Å². The van der Waals surface area contributed by atoms with Crippen molar-refractivity contribution in [1.29, 1.82) is 0 Å². The Morgan fingerprint density at radius 2 is 2.09 bits per heavy atom. The summed E-state index contributed by atoms with van der Waals surface area (Å²) in [6.07, 6.45) is 2.27. The lowest BCUT2D eigenvalue weighted by molar-refractivity contribution is -0.121. The second-order valence-electron chi connectivity index (χ2n) is 5.85. The summed E-state index contributed by atoms with van der Waals surface area (Å²) in [4.78, 5) is 17.0. The molecule has 3 rings (SSSR count). The Morgan fingerprint density at radius 1 is 1.35 bits per heavy atom. The van der Waals surface area contributed by atoms with Gasteiger partial charge in [-0.1, -0.05) is 29.8 Å². The average molecular weight is 350 g/mol. The fraction of sp³-hybridized carbons (Fsp3) is 0.375. The van der Waals surface area contributed by atoms with Crippen molar-refractivity contribution in [3.63, 3.8) is 0 Å². The summed E-state index contributed by atoms with van der Waals surface area (Å²) in [5.74, 6) is -0.799. The highest BCUT2D eigenvalue weighted by atomic mass is 32.2. The number of rotatable bonds is 3. The second-order valence-corrected chi connectivity index (χ2v) is 8.95. The van der Waals surface area contributed by atoms with E-state index in [0.717, 1.165) is 5.56 Å². The van der Waals surface area contributed by atoms with Crippen LogP contribution in [0.5, 0.6) is 0 Å². The van der Waals surface area contributed by atoms with Crippen molar-refractivity contribution in [3.8, 4) is 0 Å². The third-order valence-electron chi connectivity index (χ3n) is 3.92. The molecule has 1 amide bonds. The van der Waals surface area contributed by atoms with Crippen LogP contribution in [-0.4, -0.2) is 30.4 Å². The third kappa shape index (κ3) is 3.97. The molecule has 1 atom stereocenters. The minimum atomic E-state index is -3.07. The van der Waals surface area contributed by atoms with Gasteiger partial charge >= 0.3 is 0 Å². The molecule has 23 heavy (non-hydrogen) atoms. The smallest absolute Gasteiger partial charge is 0.252 e. The first kappa shape index (κ1) is 16.1. The fourth-order valence-corrected chi connectivity index (χ4v) is 5.04. The highest BCUT2D eigenvalue weighted by molar-refractivity contribution is 7.91. The maximum Gasteiger partial charge on any atom is 0.252 e. The normalized spacial score (nSPS) is 20.7. The Hall–Kier alpha value is -1.73. The predicted octanol–water partition coefficient (Wildman–Crippen LogP) is 1.77. The van der Waals surface area contributed by atoms with Crippen LogP contribution in [-0.2, 0) is 21.2 Å². The molecule has 0 saturated carbocycles. The van der Waals surface area contributed by atoms with Crippen LogP contribution in [0.25, 0.3) is 0 Å². The van der Waals surface area contributed by atoms with Crippen molar-refractivity contribution in [2.24, 2.45) is 10.9 Å². The number of amides is 1. The standard InChI is InChI=1S/C16H18N2O3S2/c1-12-2-4-13(5-3-12)10-18-7-8-22-16(18)17-15(19)14-6-9-23(20,21)11-14/h2-5,7-8,14H,6,9-11H2,1H3. The summed E-state index contributed by atoms with van der Waals surface area (Å²) in [6.45, 7) is 2.68. The summed E-state index contributed by atoms with van der Waals surface area (Å²) in [5, 5.41) is 1.88. The monoisotopic (exact) mass is 350 g/mol. The Kier molecular flexibility index (Phi) is 4.50. The molecule has 1 unspecified atom stereocenters. The molecule has 0 aliphatic carbocycles. The molecule has 1 fully saturated rings. The van der Waals surface area contributed by atoms with Crippen molar-refractivity contribution in [3.05, 3.63) is 51.8 Å². The largest absolute Gasteiger partial charge is 0.319 e. The topological polar surface area (TPSA) is 68.5 Å². The molecule has 1 aliphatic rings. The van der Waals surface area contributed by atoms with E-state index in [1.165, 1.54) is 16.9 Å². The number of aromatic nitrogens is 1. The minimum Gasteiger partial charge on any atom is -0.319 e. The number of benzene rings is 1. The first-order valence-electron chi connectivity index (χ1n) is 7.41. The van der Waals surface area contributed by atoms with Gasteiger partial charge in [0.25, 0.3) is 5.91 Å². The van der Waals surface area contributed by atoms with Crippen LogP contribution >= 0.6 is 11.3 Å². The molecular weight excluding hydrogens is 332 g/mol. The van der Waals surface area contributed by atoms with E-state index in [1.54, 1.807) is 0 Å². The molecule has 0 spiro atoms. The van der Waals surface area contributed by atoms with E-state index in [1.807, 2.05) is 35.2 Å². The van der Waals surface area contributed by atoms with Crippen LogP contribution in [0.1, 0.15) is 17.5 Å². The predicted molar refractivity (Wildman–Crippen MR) is 89.9 cm³/mol. The molecule has 1 aromatic heterocycles. The quantitative estimate of drug-likeness (QED) is 0.847. The van der Waals surface area contributed by atoms with Gasteiger partial charge < -0.3 is 4.57 Å². The van der Waals surface area contributed by atoms with Crippen LogP contribution in [0.3, 0.4) is 0 Å². The number of hydrogen-bond donors (Lipinski definition) is 0. The van der Waals surface area contributed by atoms with Gasteiger partial charge in [-0.05, 0) is 18.9 Å². The first-order chi connectivity index (χ1) is 10.9. The number of sulfone groups is 1. The molecule has 0 bridgehead atoms. The van der Waals surface area contributed by atoms with Crippen LogP contribution in [0, 0.1) is 12.8 Å². The minimum absolute atomic E-state index is 0.0708. The molecule has 0 N–H and O–H groups in total. The maximum atomic E-state index is 12.2. The molecule has 7 heteroatoms. The van der Waals surface area contributed by atoms with Gasteiger partial charge in [-0.15, -0.1) is 11.3 Å². The van der Waals surface area contributed by atoms with Crippen LogP contribution in [0.15, 0.2) is 40.8 Å². The molecule has 2 heterocycles. The lowest BCUT2D eigenvalue weighted by atomic mass is 10.1. The maximum absolute atomic E-state index is 12.2. The second kappa shape index (κ2) is 6.41. The number of nitrogens with zero attached hydrogens (tertiary/aromatic N) is 2. The van der Waals surface area contributed by atoms with Gasteiger partial charge in [-0.25, -0.2) is 8.42 Å². The molecule has 0 radical (unpaired) electrons. The summed E-state index contributed by atoms with van der Waals surface area (Å²) in [7, 11) is -3.07. The molecule has 2 aromatic rings. The zero-order valence-electron chi connectivity index (χ0n) is 12.8. The van der Waals surface area contributed by atoms with Crippen molar-refractivity contribution in [2.75, 3.05) is 11.5 Å². The van der Waals surface area contributed by atoms with Gasteiger partial charge in [-0.2, -0.15) is 4.99 Å². The van der Waals surface area contributed by atoms with E-state index >= 15 is 0 Å². The number of carbonyl (C=O) groups excluding carboxylic acids is 1. The van der Waals surface area contributed by atoms with Crippen LogP contribution in [0.2, 0.25) is 0 Å². The molecule has 122 valence electrons. The molecule has 5 nitrogen and oxygen atoms in total. The zero-order chi connectivity index (χ0) is 16.4. The van der Waals surface area contributed by atoms with Gasteiger partial charge in [0, 0.05) is 18.1 Å². The van der Waals surface area contributed by atoms with Gasteiger partial charge in [0.05, 0.1) is 17.4 Å². The number of aryl methyl sites for hydroxylation is 1. The highest BCUT2D eigenvalue weighted by Crippen LogP contribution is 2.19. The number of hydrogen-bond acceptors (Lipinski definition) is 4. The van der Waals surface area contributed by atoms with Gasteiger partial charge in [-0.3, -0.25) is 4.79 Å².